The molecule has 0 spiro atoms. The van der Waals surface area contributed by atoms with Crippen LogP contribution < -0.4 is 60.2 Å². The molecule has 25 heteroatoms. The number of hydrogen-bond acceptors (Lipinski definition) is 14. The second-order valence-electron chi connectivity index (χ2n) is 17.2. The third kappa shape index (κ3) is 19.1. The molecule has 2 rings (SSSR count). The summed E-state index contributed by atoms with van der Waals surface area (Å²) in [7, 11) is 2.11. The summed E-state index contributed by atoms with van der Waals surface area (Å²) < 4.78 is 0. The predicted molar refractivity (Wildman–Crippen MR) is 242 cm³/mol. The molecular formula is C40H68N12O11S2. The highest BCUT2D eigenvalue weighted by Gasteiger charge is 2.41. The number of nitrogens with two attached hydrogens (primary N) is 4. The van der Waals surface area contributed by atoms with Crippen molar-refractivity contribution in [2.75, 3.05) is 24.6 Å². The Morgan fingerprint density at radius 2 is 1.34 bits per heavy atom. The second kappa shape index (κ2) is 27.3. The average molecular weight is 957 g/mol. The van der Waals surface area contributed by atoms with Crippen molar-refractivity contribution in [2.24, 2.45) is 40.7 Å². The van der Waals surface area contributed by atoms with Gasteiger partial charge in [-0.2, -0.15) is 0 Å². The van der Waals surface area contributed by atoms with Crippen LogP contribution in [0, 0.1) is 17.8 Å². The Kier molecular flexibility index (Phi) is 23.5. The Morgan fingerprint density at radius 3 is 1.92 bits per heavy atom. The van der Waals surface area contributed by atoms with E-state index in [4.69, 9.17) is 22.9 Å². The molecule has 0 aromatic rings. The largest absolute Gasteiger partial charge is 0.370 e. The molecule has 2 aliphatic heterocycles. The van der Waals surface area contributed by atoms with Gasteiger partial charge >= 0.3 is 0 Å². The highest BCUT2D eigenvalue weighted by Crippen LogP contribution is 2.26. The number of nitrogens with one attached hydrogen (secondary N) is 7. The molecule has 0 radical (unpaired) electrons. The third-order valence-corrected chi connectivity index (χ3v) is 13.1. The van der Waals surface area contributed by atoms with Gasteiger partial charge in [-0.3, -0.25) is 52.7 Å². The van der Waals surface area contributed by atoms with E-state index in [9.17, 15) is 52.7 Å². The fraction of sp³-hybridized carbons (Fsp3) is 0.725. The van der Waals surface area contributed by atoms with Gasteiger partial charge in [-0.15, -0.1) is 0 Å². The van der Waals surface area contributed by atoms with E-state index in [-0.39, 0.29) is 55.6 Å². The molecule has 23 nitrogen and oxygen atoms in total. The summed E-state index contributed by atoms with van der Waals surface area (Å²) >= 11 is 0. The maximum Gasteiger partial charge on any atom is 0.246 e. The van der Waals surface area contributed by atoms with Crippen LogP contribution in [-0.2, 0) is 52.7 Å². The van der Waals surface area contributed by atoms with Crippen LogP contribution in [0.3, 0.4) is 0 Å². The van der Waals surface area contributed by atoms with E-state index in [0.29, 0.717) is 12.8 Å². The van der Waals surface area contributed by atoms with E-state index in [2.05, 4.69) is 37.2 Å². The lowest BCUT2D eigenvalue weighted by atomic mass is 9.96. The Balaban J connectivity index is 2.60. The summed E-state index contributed by atoms with van der Waals surface area (Å²) in [5.74, 6) is -9.88. The van der Waals surface area contributed by atoms with E-state index >= 15 is 0 Å². The topological polar surface area (TPSA) is 379 Å². The summed E-state index contributed by atoms with van der Waals surface area (Å²) in [5, 5.41) is 17.9. The van der Waals surface area contributed by atoms with Crippen molar-refractivity contribution in [1.29, 1.82) is 0 Å². The molecule has 11 amide bonds. The molecule has 9 atom stereocenters. The van der Waals surface area contributed by atoms with Crippen molar-refractivity contribution in [3.63, 3.8) is 0 Å². The van der Waals surface area contributed by atoms with Gasteiger partial charge in [0.25, 0.3) is 0 Å². The van der Waals surface area contributed by atoms with Crippen LogP contribution in [-0.4, -0.2) is 143 Å². The quantitative estimate of drug-likeness (QED) is 0.0631. The van der Waals surface area contributed by atoms with Crippen molar-refractivity contribution in [1.82, 2.24) is 42.1 Å². The molecule has 2 aliphatic rings. The zero-order valence-electron chi connectivity index (χ0n) is 37.9. The molecule has 65 heavy (non-hydrogen) atoms. The number of rotatable bonds is 17. The van der Waals surface area contributed by atoms with Gasteiger partial charge in [0, 0.05) is 24.5 Å². The van der Waals surface area contributed by atoms with Crippen LogP contribution in [0.4, 0.5) is 0 Å². The Bertz CT molecular complexity index is 1760. The number of carbonyl (C=O) groups excluding carboxylic acids is 11. The minimum Gasteiger partial charge on any atom is -0.370 e. The number of hydrogen-bond donors (Lipinski definition) is 11. The summed E-state index contributed by atoms with van der Waals surface area (Å²) in [4.78, 5) is 147. The molecule has 2 saturated heterocycles. The first-order chi connectivity index (χ1) is 30.4. The maximum absolute atomic E-state index is 14.4. The van der Waals surface area contributed by atoms with Crippen molar-refractivity contribution >= 4 is 86.6 Å². The zero-order valence-corrected chi connectivity index (χ0v) is 39.5. The van der Waals surface area contributed by atoms with Crippen molar-refractivity contribution in [3.8, 4) is 0 Å². The highest BCUT2D eigenvalue weighted by molar-refractivity contribution is 8.76. The van der Waals surface area contributed by atoms with Gasteiger partial charge in [0.15, 0.2) is 0 Å². The van der Waals surface area contributed by atoms with Gasteiger partial charge in [0.1, 0.15) is 42.3 Å². The molecule has 0 aromatic carbocycles. The molecule has 366 valence electrons. The number of nitrogens with zero attached hydrogens (tertiary/aromatic N) is 1. The Morgan fingerprint density at radius 1 is 0.738 bits per heavy atom. The van der Waals surface area contributed by atoms with Gasteiger partial charge in [-0.25, -0.2) is 0 Å². The monoisotopic (exact) mass is 956 g/mol. The molecule has 0 unspecified atom stereocenters. The van der Waals surface area contributed by atoms with Gasteiger partial charge in [0.2, 0.25) is 65.0 Å². The van der Waals surface area contributed by atoms with Crippen molar-refractivity contribution in [2.45, 2.75) is 141 Å². The lowest BCUT2D eigenvalue weighted by Crippen LogP contribution is -2.61. The highest BCUT2D eigenvalue weighted by atomic mass is 33.1. The smallest absolute Gasteiger partial charge is 0.246 e. The van der Waals surface area contributed by atoms with E-state index in [1.807, 2.05) is 27.7 Å². The first-order valence-electron chi connectivity index (χ1n) is 21.7. The van der Waals surface area contributed by atoms with Gasteiger partial charge in [0.05, 0.1) is 19.0 Å². The van der Waals surface area contributed by atoms with E-state index in [1.54, 1.807) is 13.8 Å². The van der Waals surface area contributed by atoms with Crippen LogP contribution in [0.5, 0.6) is 0 Å². The van der Waals surface area contributed by atoms with Crippen LogP contribution in [0.1, 0.15) is 92.9 Å². The second-order valence-corrected chi connectivity index (χ2v) is 19.7. The van der Waals surface area contributed by atoms with E-state index < -0.39 is 139 Å². The molecule has 15 N–H and O–H groups in total. The molecule has 2 fully saturated rings. The van der Waals surface area contributed by atoms with Gasteiger partial charge in [-0.05, 0) is 49.9 Å². The number of primary amides is 3. The van der Waals surface area contributed by atoms with Crippen molar-refractivity contribution < 1.29 is 52.7 Å². The summed E-state index contributed by atoms with van der Waals surface area (Å²) in [6.07, 6.45) is -0.233. The first kappa shape index (κ1) is 56.0. The molecule has 0 saturated carbocycles. The maximum atomic E-state index is 14.4. The summed E-state index contributed by atoms with van der Waals surface area (Å²) in [6, 6.07) is -10.4. The van der Waals surface area contributed by atoms with Crippen LogP contribution >= 0.6 is 21.6 Å². The van der Waals surface area contributed by atoms with Gasteiger partial charge < -0.3 is 65.1 Å². The van der Waals surface area contributed by atoms with Crippen LogP contribution in [0.2, 0.25) is 0 Å². The molecule has 0 aliphatic carbocycles. The van der Waals surface area contributed by atoms with E-state index in [1.165, 1.54) is 4.90 Å². The molecule has 2 heterocycles. The molecular weight excluding hydrogens is 889 g/mol. The Hall–Kier alpha value is -5.17. The summed E-state index contributed by atoms with van der Waals surface area (Å²) in [6.45, 7) is 10.4. The minimum atomic E-state index is -1.72. The number of likely N-dealkylation sites (tertiary alicyclic amines) is 1. The Labute approximate surface area is 386 Å². The third-order valence-electron chi connectivity index (χ3n) is 10.6. The fourth-order valence-corrected chi connectivity index (χ4v) is 9.25. The first-order valence-corrected chi connectivity index (χ1v) is 24.2. The van der Waals surface area contributed by atoms with Crippen molar-refractivity contribution in [3.05, 3.63) is 0 Å². The lowest BCUT2D eigenvalue weighted by molar-refractivity contribution is -0.142. The molecule has 0 bridgehead atoms. The number of carbonyl (C=O) groups is 11. The normalized spacial score (nSPS) is 25.2. The minimum absolute atomic E-state index is 0.0316. The van der Waals surface area contributed by atoms with Crippen LogP contribution in [0.15, 0.2) is 0 Å². The summed E-state index contributed by atoms with van der Waals surface area (Å²) in [5.41, 5.74) is 22.3. The SMILES string of the molecule is CC[C@H](C)[C@@H]1NC(=O)[C@H](CC(C)C)NC(=O)[C@@H](N)CSSC[C@@H](C(=O)N2CCC[C@H]2C(=O)N[C@@H](CC(C)C)C(=O)NCC(N)=O)NC(=O)[C@H](CC(N)=O)NC(=O)[C@H](CCC(N)=O)NC1=O. The average Bonchev–Trinajstić information content (AvgIpc) is 3.72. The molecule has 0 aromatic heterocycles. The zero-order chi connectivity index (χ0) is 49.1. The number of amides is 11. The lowest BCUT2D eigenvalue weighted by Gasteiger charge is -2.31. The van der Waals surface area contributed by atoms with Crippen LogP contribution in [0.25, 0.3) is 0 Å². The van der Waals surface area contributed by atoms with E-state index in [0.717, 1.165) is 21.6 Å². The van der Waals surface area contributed by atoms with Gasteiger partial charge in [-0.1, -0.05) is 69.6 Å². The fourth-order valence-electron chi connectivity index (χ4n) is 6.97. The predicted octanol–water partition coefficient (Wildman–Crippen LogP) is -3.51. The standard InChI is InChI=1S/C40H68N12O11S2/c1-7-21(6)32-39(62)46-23(10-11-29(42)53)35(58)48-26(15-30(43)54)36(59)50-27(18-65-64-17-22(41)33(56)47-25(14-20(4)5)37(60)51-32)40(63)52-12-8-9-28(52)38(61)49-24(13-19(2)3)34(57)45-16-31(44)55/h19-28,32H,7-18,41H2,1-6H3,(H2,42,53)(H2,43,54)(H2,44,55)(H,45,57)(H,46,62)(H,47,56)(H,48,58)(H,49,61)(H,50,59)(H,51,60)/t21-,22-,23-,24-,25-,26-,27-,28-,32-/m0/s1.